The van der Waals surface area contributed by atoms with Gasteiger partial charge in [0.2, 0.25) is 5.83 Å². The molecule has 0 aliphatic carbocycles. The Morgan fingerprint density at radius 1 is 0.750 bits per heavy atom. The van der Waals surface area contributed by atoms with Gasteiger partial charge in [-0.3, -0.25) is 0 Å². The average Bonchev–Trinajstić information content (AvgIpc) is 1.97. The van der Waals surface area contributed by atoms with E-state index in [2.05, 4.69) is 0 Å². The first-order chi connectivity index (χ1) is 6.81. The molecule has 0 N–H and O–H groups in total. The highest BCUT2D eigenvalue weighted by atomic mass is 19.4. The molecule has 0 fully saturated rings. The van der Waals surface area contributed by atoms with Gasteiger partial charge in [0.05, 0.1) is 0 Å². The van der Waals surface area contributed by atoms with Crippen molar-refractivity contribution in [3.63, 3.8) is 0 Å². The molecule has 0 saturated carbocycles. The Morgan fingerprint density at radius 3 is 1.38 bits per heavy atom. The molecule has 0 aliphatic heterocycles. The number of hydrogen-bond donors (Lipinski definition) is 0. The van der Waals surface area contributed by atoms with Crippen LogP contribution in [0.15, 0.2) is 11.9 Å². The fourth-order valence-corrected chi connectivity index (χ4v) is 0.642. The number of halogens is 10. The normalized spacial score (nSPS) is 13.9. The summed E-state index contributed by atoms with van der Waals surface area (Å²) < 4.78 is 118. The van der Waals surface area contributed by atoms with Crippen LogP contribution < -0.4 is 0 Å². The molecule has 0 aromatic heterocycles. The van der Waals surface area contributed by atoms with E-state index >= 15 is 0 Å². The first kappa shape index (κ1) is 15.0. The van der Waals surface area contributed by atoms with Gasteiger partial charge in [-0.25, -0.2) is 0 Å². The monoisotopic (exact) mass is 264 g/mol. The molecule has 0 bridgehead atoms. The lowest BCUT2D eigenvalue weighted by Gasteiger charge is -2.25. The number of allylic oxidation sites excluding steroid dienone is 1. The maximum Gasteiger partial charge on any atom is 0.395 e. The van der Waals surface area contributed by atoms with Crippen LogP contribution in [0.25, 0.3) is 0 Å². The number of hydrogen-bond acceptors (Lipinski definition) is 0. The van der Waals surface area contributed by atoms with Gasteiger partial charge in [-0.15, -0.1) is 0 Å². The van der Waals surface area contributed by atoms with Gasteiger partial charge in [0.1, 0.15) is 6.42 Å². The van der Waals surface area contributed by atoms with Crippen molar-refractivity contribution in [1.29, 1.82) is 0 Å². The van der Waals surface area contributed by atoms with Crippen molar-refractivity contribution in [3.05, 3.63) is 11.9 Å². The van der Waals surface area contributed by atoms with E-state index in [1.54, 1.807) is 0 Å². The molecule has 0 heterocycles. The predicted octanol–water partition coefficient (Wildman–Crippen LogP) is 4.29. The quantitative estimate of drug-likeness (QED) is 0.667. The minimum atomic E-state index is -6.21. The molecule has 10 heteroatoms. The van der Waals surface area contributed by atoms with Gasteiger partial charge in [-0.1, -0.05) is 0 Å². The zero-order valence-electron chi connectivity index (χ0n) is 6.99. The smallest absolute Gasteiger partial charge is 0.199 e. The SMILES string of the molecule is FC(F)=C(F)C(F)(F)C(F)(F)CC(F)(F)F. The second-order valence-electron chi connectivity index (χ2n) is 2.65. The van der Waals surface area contributed by atoms with Crippen LogP contribution in [0.5, 0.6) is 0 Å². The van der Waals surface area contributed by atoms with E-state index < -0.39 is 36.3 Å². The standard InChI is InChI=1S/C6H2F10/c7-2(3(8)9)6(15,16)4(10,11)1-5(12,13)14/h1H2. The maximum absolute atomic E-state index is 12.2. The molecular formula is C6H2F10. The molecule has 0 aromatic rings. The third-order valence-corrected chi connectivity index (χ3v) is 1.32. The highest BCUT2D eigenvalue weighted by Gasteiger charge is 2.65. The van der Waals surface area contributed by atoms with Crippen molar-refractivity contribution in [2.75, 3.05) is 0 Å². The highest BCUT2D eigenvalue weighted by Crippen LogP contribution is 2.47. The highest BCUT2D eigenvalue weighted by molar-refractivity contribution is 5.11. The van der Waals surface area contributed by atoms with Crippen LogP contribution in [0.2, 0.25) is 0 Å². The van der Waals surface area contributed by atoms with Gasteiger partial charge in [0.15, 0.2) is 0 Å². The summed E-state index contributed by atoms with van der Waals surface area (Å²) in [6.45, 7) is 0. The molecule has 0 radical (unpaired) electrons. The lowest BCUT2D eigenvalue weighted by Crippen LogP contribution is -2.44. The van der Waals surface area contributed by atoms with E-state index in [1.165, 1.54) is 0 Å². The Hall–Kier alpha value is -0.960. The molecule has 0 spiro atoms. The van der Waals surface area contributed by atoms with Crippen molar-refractivity contribution >= 4 is 0 Å². The van der Waals surface area contributed by atoms with Crippen LogP contribution in [0.3, 0.4) is 0 Å². The molecular weight excluding hydrogens is 262 g/mol. The van der Waals surface area contributed by atoms with Crippen LogP contribution in [0, 0.1) is 0 Å². The van der Waals surface area contributed by atoms with Crippen LogP contribution >= 0.6 is 0 Å². The number of alkyl halides is 7. The first-order valence-corrected chi connectivity index (χ1v) is 3.35. The van der Waals surface area contributed by atoms with Crippen molar-refractivity contribution in [1.82, 2.24) is 0 Å². The lowest BCUT2D eigenvalue weighted by molar-refractivity contribution is -0.256. The van der Waals surface area contributed by atoms with Crippen LogP contribution in [-0.4, -0.2) is 18.0 Å². The topological polar surface area (TPSA) is 0 Å². The Balaban J connectivity index is 5.23. The first-order valence-electron chi connectivity index (χ1n) is 3.35. The summed E-state index contributed by atoms with van der Waals surface area (Å²) in [7, 11) is 0. The summed E-state index contributed by atoms with van der Waals surface area (Å²) >= 11 is 0. The Bertz CT molecular complexity index is 280. The minimum absolute atomic E-state index is 3.41. The summed E-state index contributed by atoms with van der Waals surface area (Å²) in [5.74, 6) is -16.1. The molecule has 16 heavy (non-hydrogen) atoms. The summed E-state index contributed by atoms with van der Waals surface area (Å²) in [6, 6.07) is 0. The summed E-state index contributed by atoms with van der Waals surface area (Å²) in [5, 5.41) is 0. The third-order valence-electron chi connectivity index (χ3n) is 1.32. The molecule has 0 unspecified atom stereocenters. The molecule has 0 aromatic carbocycles. The molecule has 0 atom stereocenters. The van der Waals surface area contributed by atoms with Gasteiger partial charge in [-0.05, 0) is 0 Å². The largest absolute Gasteiger partial charge is 0.395 e. The van der Waals surface area contributed by atoms with Gasteiger partial charge < -0.3 is 0 Å². The fourth-order valence-electron chi connectivity index (χ4n) is 0.642. The summed E-state index contributed by atoms with van der Waals surface area (Å²) in [5.41, 5.74) is 0. The zero-order chi connectivity index (χ0) is 13.4. The molecule has 0 amide bonds. The van der Waals surface area contributed by atoms with Gasteiger partial charge >= 0.3 is 24.1 Å². The summed E-state index contributed by atoms with van der Waals surface area (Å²) in [6.07, 6.45) is -13.0. The van der Waals surface area contributed by atoms with Gasteiger partial charge in [-0.2, -0.15) is 43.9 Å². The van der Waals surface area contributed by atoms with Gasteiger partial charge in [0, 0.05) is 0 Å². The van der Waals surface area contributed by atoms with Crippen LogP contribution in [0.1, 0.15) is 6.42 Å². The van der Waals surface area contributed by atoms with E-state index in [-0.39, 0.29) is 0 Å². The van der Waals surface area contributed by atoms with Crippen LogP contribution in [0.4, 0.5) is 43.9 Å². The molecule has 0 rings (SSSR count). The average molecular weight is 264 g/mol. The lowest BCUT2D eigenvalue weighted by atomic mass is 10.1. The maximum atomic E-state index is 12.2. The molecule has 0 aliphatic rings. The number of rotatable bonds is 3. The molecule has 0 nitrogen and oxygen atoms in total. The van der Waals surface area contributed by atoms with Gasteiger partial charge in [0.25, 0.3) is 0 Å². The Morgan fingerprint density at radius 2 is 1.12 bits per heavy atom. The van der Waals surface area contributed by atoms with Crippen molar-refractivity contribution < 1.29 is 43.9 Å². The van der Waals surface area contributed by atoms with E-state index in [0.29, 0.717) is 0 Å². The zero-order valence-corrected chi connectivity index (χ0v) is 6.99. The van der Waals surface area contributed by atoms with Crippen molar-refractivity contribution in [2.45, 2.75) is 24.4 Å². The second-order valence-corrected chi connectivity index (χ2v) is 2.65. The summed E-state index contributed by atoms with van der Waals surface area (Å²) in [4.78, 5) is 0. The van der Waals surface area contributed by atoms with Crippen molar-refractivity contribution in [2.24, 2.45) is 0 Å². The predicted molar refractivity (Wildman–Crippen MR) is 30.9 cm³/mol. The van der Waals surface area contributed by atoms with E-state index in [9.17, 15) is 43.9 Å². The van der Waals surface area contributed by atoms with E-state index in [0.717, 1.165) is 0 Å². The Kier molecular flexibility index (Phi) is 3.88. The molecule has 96 valence electrons. The minimum Gasteiger partial charge on any atom is -0.199 e. The van der Waals surface area contributed by atoms with Crippen molar-refractivity contribution in [3.8, 4) is 0 Å². The van der Waals surface area contributed by atoms with Crippen LogP contribution in [-0.2, 0) is 0 Å². The fraction of sp³-hybridized carbons (Fsp3) is 0.667. The van der Waals surface area contributed by atoms with E-state index in [4.69, 9.17) is 0 Å². The third kappa shape index (κ3) is 3.27. The van der Waals surface area contributed by atoms with E-state index in [1.807, 2.05) is 0 Å². The molecule has 0 saturated heterocycles. The second kappa shape index (κ2) is 4.13. The Labute approximate surface area is 81.5 Å².